The molecule has 1 aliphatic rings. The number of carbonyl (C=O) groups is 1. The number of amides is 1. The lowest BCUT2D eigenvalue weighted by Crippen LogP contribution is -2.36. The largest absolute Gasteiger partial charge is 0.388 e. The van der Waals surface area contributed by atoms with Crippen LogP contribution in [-0.2, 0) is 4.74 Å². The third kappa shape index (κ3) is 4.52. The molecule has 1 amide bonds. The van der Waals surface area contributed by atoms with E-state index >= 15 is 0 Å². The van der Waals surface area contributed by atoms with E-state index in [4.69, 9.17) is 4.74 Å². The topological polar surface area (TPSA) is 79.4 Å². The van der Waals surface area contributed by atoms with E-state index in [9.17, 15) is 4.79 Å². The fraction of sp³-hybridized carbons (Fsp3) is 0.227. The SMILES string of the molecule is CNc1ccc(C(=O)Nc2cccc(-c3ccc(N4CCOCC4)nn3)c2)cc1. The summed E-state index contributed by atoms with van der Waals surface area (Å²) in [4.78, 5) is 14.7. The molecular formula is C22H23N5O2. The molecule has 2 N–H and O–H groups in total. The van der Waals surface area contributed by atoms with E-state index in [1.165, 1.54) is 0 Å². The first-order chi connectivity index (χ1) is 14.2. The Hall–Kier alpha value is -3.45. The van der Waals surface area contributed by atoms with Crippen molar-refractivity contribution in [2.75, 3.05) is 48.9 Å². The Morgan fingerprint density at radius 3 is 2.45 bits per heavy atom. The lowest BCUT2D eigenvalue weighted by molar-refractivity contribution is 0.102. The van der Waals surface area contributed by atoms with Crippen molar-refractivity contribution >= 4 is 23.1 Å². The summed E-state index contributed by atoms with van der Waals surface area (Å²) in [6.07, 6.45) is 0. The van der Waals surface area contributed by atoms with E-state index in [2.05, 4.69) is 25.7 Å². The van der Waals surface area contributed by atoms with Crippen LogP contribution in [0.3, 0.4) is 0 Å². The molecule has 0 spiro atoms. The van der Waals surface area contributed by atoms with E-state index in [1.807, 2.05) is 55.6 Å². The number of hydrogen-bond acceptors (Lipinski definition) is 6. The van der Waals surface area contributed by atoms with Gasteiger partial charge in [0.1, 0.15) is 0 Å². The van der Waals surface area contributed by atoms with Gasteiger partial charge < -0.3 is 20.3 Å². The molecule has 4 rings (SSSR count). The summed E-state index contributed by atoms with van der Waals surface area (Å²) in [5.74, 6) is 0.699. The third-order valence-electron chi connectivity index (χ3n) is 4.84. The summed E-state index contributed by atoms with van der Waals surface area (Å²) in [5.41, 5.74) is 3.93. The molecule has 1 aromatic heterocycles. The first kappa shape index (κ1) is 18.9. The van der Waals surface area contributed by atoms with E-state index in [0.717, 1.165) is 35.9 Å². The van der Waals surface area contributed by atoms with Gasteiger partial charge in [0.15, 0.2) is 5.82 Å². The first-order valence-corrected chi connectivity index (χ1v) is 9.59. The molecule has 2 heterocycles. The van der Waals surface area contributed by atoms with Crippen molar-refractivity contribution in [3.8, 4) is 11.3 Å². The second-order valence-corrected chi connectivity index (χ2v) is 6.74. The highest BCUT2D eigenvalue weighted by Gasteiger charge is 2.13. The molecule has 1 saturated heterocycles. The zero-order valence-electron chi connectivity index (χ0n) is 16.3. The maximum Gasteiger partial charge on any atom is 0.255 e. The van der Waals surface area contributed by atoms with Gasteiger partial charge in [-0.15, -0.1) is 10.2 Å². The van der Waals surface area contributed by atoms with Crippen LogP contribution in [0.1, 0.15) is 10.4 Å². The van der Waals surface area contributed by atoms with Gasteiger partial charge in [-0.25, -0.2) is 0 Å². The lowest BCUT2D eigenvalue weighted by atomic mass is 10.1. The maximum absolute atomic E-state index is 12.5. The van der Waals surface area contributed by atoms with Crippen LogP contribution in [-0.4, -0.2) is 49.5 Å². The summed E-state index contributed by atoms with van der Waals surface area (Å²) >= 11 is 0. The molecular weight excluding hydrogens is 366 g/mol. The van der Waals surface area contributed by atoms with Crippen molar-refractivity contribution in [2.45, 2.75) is 0 Å². The van der Waals surface area contributed by atoms with Gasteiger partial charge in [-0.05, 0) is 48.5 Å². The predicted octanol–water partition coefficient (Wildman–Crippen LogP) is 3.27. The Morgan fingerprint density at radius 2 is 1.76 bits per heavy atom. The van der Waals surface area contributed by atoms with Crippen molar-refractivity contribution in [1.29, 1.82) is 0 Å². The fourth-order valence-corrected chi connectivity index (χ4v) is 3.19. The number of hydrogen-bond donors (Lipinski definition) is 2. The number of nitrogens with zero attached hydrogens (tertiary/aromatic N) is 3. The summed E-state index contributed by atoms with van der Waals surface area (Å²) in [6.45, 7) is 3.07. The Kier molecular flexibility index (Phi) is 5.67. The van der Waals surface area contributed by atoms with Crippen molar-refractivity contribution in [1.82, 2.24) is 10.2 Å². The summed E-state index contributed by atoms with van der Waals surface area (Å²) in [6, 6.07) is 18.9. The van der Waals surface area contributed by atoms with Crippen LogP contribution < -0.4 is 15.5 Å². The Bertz CT molecular complexity index is 967. The molecule has 3 aromatic rings. The monoisotopic (exact) mass is 389 g/mol. The molecule has 148 valence electrons. The van der Waals surface area contributed by atoms with Gasteiger partial charge in [0.2, 0.25) is 0 Å². The van der Waals surface area contributed by atoms with Crippen molar-refractivity contribution in [3.05, 3.63) is 66.2 Å². The highest BCUT2D eigenvalue weighted by Crippen LogP contribution is 2.23. The van der Waals surface area contributed by atoms with Crippen LogP contribution in [0.5, 0.6) is 0 Å². The average molecular weight is 389 g/mol. The van der Waals surface area contributed by atoms with Crippen molar-refractivity contribution < 1.29 is 9.53 Å². The Balaban J connectivity index is 1.47. The van der Waals surface area contributed by atoms with Crippen LogP contribution in [0.25, 0.3) is 11.3 Å². The highest BCUT2D eigenvalue weighted by molar-refractivity contribution is 6.04. The van der Waals surface area contributed by atoms with Gasteiger partial charge in [-0.1, -0.05) is 12.1 Å². The van der Waals surface area contributed by atoms with E-state index in [0.29, 0.717) is 24.5 Å². The van der Waals surface area contributed by atoms with Crippen LogP contribution in [0.2, 0.25) is 0 Å². The average Bonchev–Trinajstić information content (AvgIpc) is 2.80. The van der Waals surface area contributed by atoms with Gasteiger partial charge >= 0.3 is 0 Å². The molecule has 2 aromatic carbocycles. The summed E-state index contributed by atoms with van der Waals surface area (Å²) in [7, 11) is 1.84. The minimum absolute atomic E-state index is 0.154. The Morgan fingerprint density at radius 1 is 0.966 bits per heavy atom. The standard InChI is InChI=1S/C22H23N5O2/c1-23-18-7-5-16(6-8-18)22(28)24-19-4-2-3-17(15-19)20-9-10-21(26-25-20)27-11-13-29-14-12-27/h2-10,15,23H,11-14H2,1H3,(H,24,28). The highest BCUT2D eigenvalue weighted by atomic mass is 16.5. The number of morpholine rings is 1. The zero-order chi connectivity index (χ0) is 20.1. The van der Waals surface area contributed by atoms with Gasteiger partial charge in [0, 0.05) is 42.6 Å². The predicted molar refractivity (Wildman–Crippen MR) is 114 cm³/mol. The number of carbonyl (C=O) groups excluding carboxylic acids is 1. The van der Waals surface area contributed by atoms with Crippen LogP contribution in [0.15, 0.2) is 60.7 Å². The fourth-order valence-electron chi connectivity index (χ4n) is 3.19. The number of benzene rings is 2. The second kappa shape index (κ2) is 8.70. The lowest BCUT2D eigenvalue weighted by Gasteiger charge is -2.27. The normalized spacial score (nSPS) is 13.8. The molecule has 0 radical (unpaired) electrons. The minimum Gasteiger partial charge on any atom is -0.388 e. The molecule has 1 aliphatic heterocycles. The number of anilines is 3. The molecule has 7 heteroatoms. The van der Waals surface area contributed by atoms with Gasteiger partial charge in [-0.3, -0.25) is 4.79 Å². The van der Waals surface area contributed by atoms with Gasteiger partial charge in [0.25, 0.3) is 5.91 Å². The smallest absolute Gasteiger partial charge is 0.255 e. The van der Waals surface area contributed by atoms with Crippen LogP contribution in [0.4, 0.5) is 17.2 Å². The molecule has 0 unspecified atom stereocenters. The number of aromatic nitrogens is 2. The molecule has 0 aliphatic carbocycles. The van der Waals surface area contributed by atoms with Crippen LogP contribution in [0, 0.1) is 0 Å². The van der Waals surface area contributed by atoms with Crippen LogP contribution >= 0.6 is 0 Å². The number of rotatable bonds is 5. The molecule has 0 atom stereocenters. The van der Waals surface area contributed by atoms with E-state index in [1.54, 1.807) is 12.1 Å². The molecule has 0 saturated carbocycles. The maximum atomic E-state index is 12.5. The van der Waals surface area contributed by atoms with E-state index < -0.39 is 0 Å². The van der Waals surface area contributed by atoms with Gasteiger partial charge in [-0.2, -0.15) is 0 Å². The van der Waals surface area contributed by atoms with Gasteiger partial charge in [0.05, 0.1) is 18.9 Å². The molecule has 7 nitrogen and oxygen atoms in total. The minimum atomic E-state index is -0.154. The number of ether oxygens (including phenoxy) is 1. The second-order valence-electron chi connectivity index (χ2n) is 6.74. The zero-order valence-corrected chi connectivity index (χ0v) is 16.3. The van der Waals surface area contributed by atoms with E-state index in [-0.39, 0.29) is 5.91 Å². The molecule has 1 fully saturated rings. The third-order valence-corrected chi connectivity index (χ3v) is 4.84. The summed E-state index contributed by atoms with van der Waals surface area (Å²) < 4.78 is 5.38. The molecule has 0 bridgehead atoms. The Labute approximate surface area is 169 Å². The molecule has 29 heavy (non-hydrogen) atoms. The summed E-state index contributed by atoms with van der Waals surface area (Å²) in [5, 5.41) is 14.7. The first-order valence-electron chi connectivity index (χ1n) is 9.59. The number of nitrogens with one attached hydrogen (secondary N) is 2. The quantitative estimate of drug-likeness (QED) is 0.697. The van der Waals surface area contributed by atoms with Crippen molar-refractivity contribution in [2.24, 2.45) is 0 Å². The van der Waals surface area contributed by atoms with Crippen molar-refractivity contribution in [3.63, 3.8) is 0 Å².